The minimum absolute atomic E-state index is 0.0999. The fraction of sp³-hybridized carbons (Fsp3) is 0.364. The first kappa shape index (κ1) is 26.5. The lowest BCUT2D eigenvalue weighted by atomic mass is 9.38. The number of allylic oxidation sites excluding steroid dienone is 4. The Bertz CT molecular complexity index is 1290. The molecule has 2 aromatic rings. The largest absolute Gasteiger partial charge is 0.506 e. The van der Waals surface area contributed by atoms with Crippen LogP contribution in [0.25, 0.3) is 5.76 Å². The predicted molar refractivity (Wildman–Crippen MR) is 147 cm³/mol. The van der Waals surface area contributed by atoms with Gasteiger partial charge in [-0.3, -0.25) is 14.4 Å². The van der Waals surface area contributed by atoms with Crippen LogP contribution in [0.2, 0.25) is 0 Å². The van der Waals surface area contributed by atoms with Crippen molar-refractivity contribution in [1.29, 1.82) is 0 Å². The zero-order valence-electron chi connectivity index (χ0n) is 22.2. The Hall–Kier alpha value is -3.53. The summed E-state index contributed by atoms with van der Waals surface area (Å²) in [4.78, 5) is 43.6. The number of hydrogen-bond acceptors (Lipinski definition) is 4. The molecule has 37 heavy (non-hydrogen) atoms. The van der Waals surface area contributed by atoms with E-state index >= 15 is 0 Å². The van der Waals surface area contributed by atoms with E-state index in [1.165, 1.54) is 0 Å². The molecule has 4 heteroatoms. The number of Topliss-reactive ketones (excluding diaryl/α,β-unsaturated/α-hetero) is 3. The van der Waals surface area contributed by atoms with Gasteiger partial charge in [0.05, 0.1) is 5.41 Å². The Balaban J connectivity index is 2.04. The molecular weight excluding hydrogens is 460 g/mol. The average molecular weight is 497 g/mol. The van der Waals surface area contributed by atoms with Crippen LogP contribution < -0.4 is 0 Å². The summed E-state index contributed by atoms with van der Waals surface area (Å²) >= 11 is 0. The molecule has 0 saturated heterocycles. The predicted octanol–water partition coefficient (Wildman–Crippen LogP) is 6.87. The van der Waals surface area contributed by atoms with E-state index in [2.05, 4.69) is 12.7 Å². The average Bonchev–Trinajstić information content (AvgIpc) is 2.88. The molecule has 0 aromatic heterocycles. The van der Waals surface area contributed by atoms with Crippen molar-refractivity contribution in [2.24, 2.45) is 22.2 Å². The van der Waals surface area contributed by atoms with Crippen LogP contribution in [0.3, 0.4) is 0 Å². The molecule has 2 bridgehead atoms. The third-order valence-corrected chi connectivity index (χ3v) is 8.71. The molecular formula is C33H36O4. The summed E-state index contributed by atoms with van der Waals surface area (Å²) in [5.74, 6) is -1.93. The summed E-state index contributed by atoms with van der Waals surface area (Å²) < 4.78 is 0. The van der Waals surface area contributed by atoms with Gasteiger partial charge in [-0.05, 0) is 56.4 Å². The van der Waals surface area contributed by atoms with Crippen LogP contribution in [-0.4, -0.2) is 22.5 Å². The van der Waals surface area contributed by atoms with Crippen LogP contribution in [0.15, 0.2) is 90.5 Å². The minimum atomic E-state index is -1.51. The molecule has 4 nitrogen and oxygen atoms in total. The number of benzene rings is 2. The van der Waals surface area contributed by atoms with Gasteiger partial charge in [0.25, 0.3) is 0 Å². The molecule has 2 aliphatic carbocycles. The molecule has 4 rings (SSSR count). The van der Waals surface area contributed by atoms with Crippen molar-refractivity contribution in [3.63, 3.8) is 0 Å². The Labute approximate surface area is 219 Å². The molecule has 2 fully saturated rings. The molecule has 0 spiro atoms. The first-order valence-electron chi connectivity index (χ1n) is 12.9. The maximum atomic E-state index is 14.7. The number of hydrogen-bond donors (Lipinski definition) is 1. The number of rotatable bonds is 7. The van der Waals surface area contributed by atoms with Gasteiger partial charge in [0.2, 0.25) is 0 Å². The van der Waals surface area contributed by atoms with Gasteiger partial charge in [0.1, 0.15) is 16.7 Å². The third-order valence-electron chi connectivity index (χ3n) is 8.71. The lowest BCUT2D eigenvalue weighted by Gasteiger charge is -2.60. The maximum Gasteiger partial charge on any atom is 0.184 e. The van der Waals surface area contributed by atoms with Gasteiger partial charge in [-0.1, -0.05) is 92.2 Å². The molecule has 0 unspecified atom stereocenters. The van der Waals surface area contributed by atoms with Gasteiger partial charge in [0, 0.05) is 5.56 Å². The SMILES string of the molecule is C=CC[C@@]12C(=O)/C(=C(\O)c3ccccc3)C(=O)[C@@](Cc3ccccc3)(C[C@H](CC=C(C)C)C1(C)C)C2=O. The Morgan fingerprint density at radius 3 is 2.14 bits per heavy atom. The zero-order valence-corrected chi connectivity index (χ0v) is 22.2. The van der Waals surface area contributed by atoms with E-state index in [0.29, 0.717) is 18.4 Å². The minimum Gasteiger partial charge on any atom is -0.506 e. The molecule has 0 radical (unpaired) electrons. The van der Waals surface area contributed by atoms with Gasteiger partial charge in [-0.25, -0.2) is 0 Å². The molecule has 0 aliphatic heterocycles. The Kier molecular flexibility index (Phi) is 6.98. The number of carbonyl (C=O) groups excluding carboxylic acids is 3. The molecule has 1 N–H and O–H groups in total. The summed E-state index contributed by atoms with van der Waals surface area (Å²) in [5.41, 5.74) is -1.60. The van der Waals surface area contributed by atoms with Crippen molar-refractivity contribution in [2.45, 2.75) is 53.4 Å². The van der Waals surface area contributed by atoms with Crippen LogP contribution in [0, 0.1) is 22.2 Å². The van der Waals surface area contributed by atoms with Crippen molar-refractivity contribution in [3.05, 3.63) is 102 Å². The van der Waals surface area contributed by atoms with Crippen LogP contribution in [0.4, 0.5) is 0 Å². The van der Waals surface area contributed by atoms with Crippen molar-refractivity contribution >= 4 is 23.1 Å². The topological polar surface area (TPSA) is 71.4 Å². The second-order valence-corrected chi connectivity index (χ2v) is 11.4. The normalized spacial score (nSPS) is 28.0. The summed E-state index contributed by atoms with van der Waals surface area (Å²) in [7, 11) is 0. The summed E-state index contributed by atoms with van der Waals surface area (Å²) in [6.07, 6.45) is 5.00. The molecule has 0 amide bonds. The molecule has 192 valence electrons. The molecule has 3 atom stereocenters. The smallest absolute Gasteiger partial charge is 0.184 e. The van der Waals surface area contributed by atoms with E-state index in [0.717, 1.165) is 11.1 Å². The van der Waals surface area contributed by atoms with Crippen LogP contribution in [0.5, 0.6) is 0 Å². The van der Waals surface area contributed by atoms with Gasteiger partial charge >= 0.3 is 0 Å². The zero-order chi connectivity index (χ0) is 27.0. The highest BCUT2D eigenvalue weighted by Gasteiger charge is 2.73. The highest BCUT2D eigenvalue weighted by atomic mass is 16.3. The Morgan fingerprint density at radius 1 is 0.973 bits per heavy atom. The molecule has 2 saturated carbocycles. The summed E-state index contributed by atoms with van der Waals surface area (Å²) in [6.45, 7) is 11.9. The fourth-order valence-electron chi connectivity index (χ4n) is 6.52. The van der Waals surface area contributed by atoms with Crippen molar-refractivity contribution in [2.75, 3.05) is 0 Å². The fourth-order valence-corrected chi connectivity index (χ4v) is 6.52. The standard InChI is InChI=1S/C33H36O4/c1-6-19-33-29(36)26(27(34)24-15-11-8-12-16-24)28(35)32(30(33)37,20-23-13-9-7-10-14-23)21-25(31(33,4)5)18-17-22(2)3/h6-17,25,34H,1,18-21H2,2-5H3/b27-26-/t25-,32+,33-/m0/s1. The lowest BCUT2D eigenvalue weighted by Crippen LogP contribution is -2.70. The summed E-state index contributed by atoms with van der Waals surface area (Å²) in [6, 6.07) is 18.1. The monoisotopic (exact) mass is 496 g/mol. The second-order valence-electron chi connectivity index (χ2n) is 11.4. The number of aliphatic hydroxyl groups is 1. The lowest BCUT2D eigenvalue weighted by molar-refractivity contribution is -0.176. The van der Waals surface area contributed by atoms with Crippen molar-refractivity contribution < 1.29 is 19.5 Å². The molecule has 2 aromatic carbocycles. The van der Waals surface area contributed by atoms with Crippen LogP contribution in [0.1, 0.15) is 58.1 Å². The number of aliphatic hydroxyl groups excluding tert-OH is 1. The van der Waals surface area contributed by atoms with E-state index in [4.69, 9.17) is 0 Å². The van der Waals surface area contributed by atoms with Gasteiger partial charge in [-0.2, -0.15) is 0 Å². The third kappa shape index (κ3) is 4.03. The highest BCUT2D eigenvalue weighted by molar-refractivity contribution is 6.41. The van der Waals surface area contributed by atoms with E-state index in [9.17, 15) is 19.5 Å². The first-order chi connectivity index (χ1) is 17.5. The number of ketones is 3. The Morgan fingerprint density at radius 2 is 1.57 bits per heavy atom. The first-order valence-corrected chi connectivity index (χ1v) is 12.9. The number of fused-ring (bicyclic) bond motifs is 2. The highest BCUT2D eigenvalue weighted by Crippen LogP contribution is 2.65. The summed E-state index contributed by atoms with van der Waals surface area (Å²) in [5, 5.41) is 11.4. The van der Waals surface area contributed by atoms with Crippen LogP contribution >= 0.6 is 0 Å². The second kappa shape index (κ2) is 9.74. The van der Waals surface area contributed by atoms with Crippen molar-refractivity contribution in [3.8, 4) is 0 Å². The number of carbonyl (C=O) groups is 3. The van der Waals surface area contributed by atoms with Gasteiger partial charge < -0.3 is 5.11 Å². The van der Waals surface area contributed by atoms with E-state index in [1.54, 1.807) is 36.4 Å². The van der Waals surface area contributed by atoms with E-state index in [1.807, 2.05) is 58.0 Å². The van der Waals surface area contributed by atoms with Gasteiger partial charge in [0.15, 0.2) is 17.3 Å². The molecule has 2 aliphatic rings. The van der Waals surface area contributed by atoms with E-state index < -0.39 is 27.8 Å². The van der Waals surface area contributed by atoms with Crippen LogP contribution in [-0.2, 0) is 20.8 Å². The van der Waals surface area contributed by atoms with Crippen molar-refractivity contribution in [1.82, 2.24) is 0 Å². The molecule has 0 heterocycles. The maximum absolute atomic E-state index is 14.7. The quantitative estimate of drug-likeness (QED) is 0.149. The van der Waals surface area contributed by atoms with E-state index in [-0.39, 0.29) is 35.9 Å². The van der Waals surface area contributed by atoms with Gasteiger partial charge in [-0.15, -0.1) is 6.58 Å².